The van der Waals surface area contributed by atoms with E-state index >= 15 is 0 Å². The molecule has 4 nitrogen and oxygen atoms in total. The minimum Gasteiger partial charge on any atom is -0.349 e. The number of halogens is 1. The van der Waals surface area contributed by atoms with Crippen molar-refractivity contribution in [2.24, 2.45) is 5.41 Å². The van der Waals surface area contributed by atoms with Crippen LogP contribution in [0.3, 0.4) is 0 Å². The van der Waals surface area contributed by atoms with Gasteiger partial charge in [0.05, 0.1) is 0 Å². The van der Waals surface area contributed by atoms with Crippen molar-refractivity contribution < 1.29 is 9.59 Å². The van der Waals surface area contributed by atoms with Crippen LogP contribution in [0.2, 0.25) is 0 Å². The summed E-state index contributed by atoms with van der Waals surface area (Å²) in [7, 11) is 0. The Kier molecular flexibility index (Phi) is 5.84. The number of hydrogen-bond donors (Lipinski definition) is 1. The van der Waals surface area contributed by atoms with Gasteiger partial charge in [-0.15, -0.1) is 0 Å². The zero-order chi connectivity index (χ0) is 17.0. The highest BCUT2D eigenvalue weighted by atomic mass is 79.9. The van der Waals surface area contributed by atoms with Crippen LogP contribution in [0.4, 0.5) is 0 Å². The molecule has 0 bridgehead atoms. The zero-order valence-electron chi connectivity index (χ0n) is 14.1. The normalized spacial score (nSPS) is 16.3. The highest BCUT2D eigenvalue weighted by Crippen LogP contribution is 2.22. The Balaban J connectivity index is 1.83. The second kappa shape index (κ2) is 7.47. The van der Waals surface area contributed by atoms with Crippen LogP contribution in [0.5, 0.6) is 0 Å². The Bertz CT molecular complexity index is 573. The minimum absolute atomic E-state index is 0.0167. The van der Waals surface area contributed by atoms with Crippen molar-refractivity contribution in [3.63, 3.8) is 0 Å². The Morgan fingerprint density at radius 3 is 2.48 bits per heavy atom. The number of likely N-dealkylation sites (tertiary alicyclic amines) is 1. The molecule has 1 heterocycles. The van der Waals surface area contributed by atoms with Gasteiger partial charge in [-0.1, -0.05) is 42.8 Å². The van der Waals surface area contributed by atoms with Crippen LogP contribution in [0, 0.1) is 5.41 Å². The van der Waals surface area contributed by atoms with E-state index in [1.165, 1.54) is 0 Å². The van der Waals surface area contributed by atoms with Crippen LogP contribution in [0.25, 0.3) is 0 Å². The molecule has 0 spiro atoms. The average Bonchev–Trinajstić information content (AvgIpc) is 2.46. The third kappa shape index (κ3) is 5.65. The van der Waals surface area contributed by atoms with Gasteiger partial charge in [-0.25, -0.2) is 0 Å². The first-order chi connectivity index (χ1) is 10.7. The molecule has 1 aliphatic rings. The van der Waals surface area contributed by atoms with E-state index < -0.39 is 0 Å². The fraction of sp³-hybridized carbons (Fsp3) is 0.556. The highest BCUT2D eigenvalue weighted by Gasteiger charge is 2.26. The van der Waals surface area contributed by atoms with Gasteiger partial charge in [0.15, 0.2) is 0 Å². The predicted molar refractivity (Wildman–Crippen MR) is 95.3 cm³/mol. The number of benzene rings is 1. The Hall–Kier alpha value is -1.36. The number of nitrogens with one attached hydrogen (secondary N) is 1. The van der Waals surface area contributed by atoms with Crippen LogP contribution in [-0.2, 0) is 4.79 Å². The van der Waals surface area contributed by atoms with Crippen LogP contribution in [-0.4, -0.2) is 35.8 Å². The molecule has 2 rings (SSSR count). The Morgan fingerprint density at radius 2 is 1.91 bits per heavy atom. The van der Waals surface area contributed by atoms with Gasteiger partial charge in [0.25, 0.3) is 5.91 Å². The molecule has 0 saturated carbocycles. The SMILES string of the molecule is CC(C)(C)CC(=O)N1CCC(NC(=O)c2cccc(Br)c2)CC1. The maximum Gasteiger partial charge on any atom is 0.251 e. The lowest BCUT2D eigenvalue weighted by Crippen LogP contribution is -2.47. The molecule has 5 heteroatoms. The topological polar surface area (TPSA) is 49.4 Å². The second-order valence-electron chi connectivity index (χ2n) is 7.38. The average molecular weight is 381 g/mol. The van der Waals surface area contributed by atoms with Crippen LogP contribution >= 0.6 is 15.9 Å². The number of carbonyl (C=O) groups is 2. The van der Waals surface area contributed by atoms with E-state index in [1.54, 1.807) is 0 Å². The summed E-state index contributed by atoms with van der Waals surface area (Å²) in [5.41, 5.74) is 0.675. The Labute approximate surface area is 146 Å². The van der Waals surface area contributed by atoms with Crippen molar-refractivity contribution in [3.05, 3.63) is 34.3 Å². The summed E-state index contributed by atoms with van der Waals surface area (Å²) in [6.07, 6.45) is 2.20. The summed E-state index contributed by atoms with van der Waals surface area (Å²) < 4.78 is 0.896. The molecule has 0 radical (unpaired) electrons. The number of piperidine rings is 1. The van der Waals surface area contributed by atoms with Gasteiger partial charge in [0, 0.05) is 35.6 Å². The van der Waals surface area contributed by atoms with Gasteiger partial charge in [-0.2, -0.15) is 0 Å². The van der Waals surface area contributed by atoms with Gasteiger partial charge in [0.2, 0.25) is 5.91 Å². The lowest BCUT2D eigenvalue weighted by Gasteiger charge is -2.34. The van der Waals surface area contributed by atoms with Gasteiger partial charge in [-0.3, -0.25) is 9.59 Å². The van der Waals surface area contributed by atoms with Crippen molar-refractivity contribution in [1.29, 1.82) is 0 Å². The number of carbonyl (C=O) groups excluding carboxylic acids is 2. The van der Waals surface area contributed by atoms with Crippen molar-refractivity contribution >= 4 is 27.7 Å². The quantitative estimate of drug-likeness (QED) is 0.870. The van der Waals surface area contributed by atoms with Crippen LogP contribution in [0.15, 0.2) is 28.7 Å². The van der Waals surface area contributed by atoms with E-state index in [0.717, 1.165) is 30.4 Å². The molecule has 0 unspecified atom stereocenters. The maximum atomic E-state index is 12.3. The fourth-order valence-corrected chi connectivity index (χ4v) is 3.14. The number of nitrogens with zero attached hydrogens (tertiary/aromatic N) is 1. The summed E-state index contributed by atoms with van der Waals surface area (Å²) in [6.45, 7) is 7.68. The molecule has 126 valence electrons. The molecule has 23 heavy (non-hydrogen) atoms. The summed E-state index contributed by atoms with van der Waals surface area (Å²) in [6, 6.07) is 7.52. The predicted octanol–water partition coefficient (Wildman–Crippen LogP) is 3.61. The first-order valence-electron chi connectivity index (χ1n) is 8.09. The van der Waals surface area contributed by atoms with E-state index in [1.807, 2.05) is 29.2 Å². The molecular weight excluding hydrogens is 356 g/mol. The monoisotopic (exact) mass is 380 g/mol. The lowest BCUT2D eigenvalue weighted by atomic mass is 9.91. The van der Waals surface area contributed by atoms with Crippen molar-refractivity contribution in [2.45, 2.75) is 46.1 Å². The standard InChI is InChI=1S/C18H25BrN2O2/c1-18(2,3)12-16(22)21-9-7-15(8-10-21)20-17(23)13-5-4-6-14(19)11-13/h4-6,11,15H,7-10,12H2,1-3H3,(H,20,23). The second-order valence-corrected chi connectivity index (χ2v) is 8.29. The zero-order valence-corrected chi connectivity index (χ0v) is 15.6. The van der Waals surface area contributed by atoms with Crippen LogP contribution in [0.1, 0.15) is 50.4 Å². The summed E-state index contributed by atoms with van der Waals surface area (Å²) in [5.74, 6) is 0.167. The van der Waals surface area contributed by atoms with E-state index in [2.05, 4.69) is 42.0 Å². The minimum atomic E-state index is -0.0502. The van der Waals surface area contributed by atoms with E-state index in [9.17, 15) is 9.59 Å². The highest BCUT2D eigenvalue weighted by molar-refractivity contribution is 9.10. The number of hydrogen-bond acceptors (Lipinski definition) is 2. The molecule has 1 aliphatic heterocycles. The summed E-state index contributed by atoms with van der Waals surface area (Å²) in [4.78, 5) is 26.4. The Morgan fingerprint density at radius 1 is 1.26 bits per heavy atom. The van der Waals surface area contributed by atoms with E-state index in [0.29, 0.717) is 12.0 Å². The van der Waals surface area contributed by atoms with Gasteiger partial charge >= 0.3 is 0 Å². The van der Waals surface area contributed by atoms with Crippen LogP contribution < -0.4 is 5.32 Å². The van der Waals surface area contributed by atoms with Gasteiger partial charge in [0.1, 0.15) is 0 Å². The maximum absolute atomic E-state index is 12.3. The van der Waals surface area contributed by atoms with Crippen molar-refractivity contribution in [3.8, 4) is 0 Å². The van der Waals surface area contributed by atoms with E-state index in [4.69, 9.17) is 0 Å². The molecule has 1 aromatic rings. The first-order valence-corrected chi connectivity index (χ1v) is 8.88. The molecule has 1 N–H and O–H groups in total. The van der Waals surface area contributed by atoms with Gasteiger partial charge < -0.3 is 10.2 Å². The largest absolute Gasteiger partial charge is 0.349 e. The van der Waals surface area contributed by atoms with Gasteiger partial charge in [-0.05, 0) is 36.5 Å². The molecule has 1 saturated heterocycles. The lowest BCUT2D eigenvalue weighted by molar-refractivity contribution is -0.134. The summed E-state index contributed by atoms with van der Waals surface area (Å²) >= 11 is 3.38. The number of rotatable bonds is 3. The molecule has 0 atom stereocenters. The molecule has 0 aliphatic carbocycles. The van der Waals surface area contributed by atoms with Crippen molar-refractivity contribution in [2.75, 3.05) is 13.1 Å². The molecular formula is C18H25BrN2O2. The first kappa shape index (κ1) is 18.0. The van der Waals surface area contributed by atoms with E-state index in [-0.39, 0.29) is 23.3 Å². The molecule has 1 aromatic carbocycles. The summed E-state index contributed by atoms with van der Waals surface area (Å²) in [5, 5.41) is 3.07. The van der Waals surface area contributed by atoms with Crippen molar-refractivity contribution in [1.82, 2.24) is 10.2 Å². The smallest absolute Gasteiger partial charge is 0.251 e. The number of amides is 2. The molecule has 0 aromatic heterocycles. The molecule has 2 amide bonds. The fourth-order valence-electron chi connectivity index (χ4n) is 2.74. The third-order valence-corrected chi connectivity index (χ3v) is 4.44. The third-order valence-electron chi connectivity index (χ3n) is 3.95. The molecule has 1 fully saturated rings.